The minimum Gasteiger partial charge on any atom is -0.348 e. The Morgan fingerprint density at radius 2 is 2.03 bits per heavy atom. The van der Waals surface area contributed by atoms with Crippen LogP contribution in [0.1, 0.15) is 29.3 Å². The van der Waals surface area contributed by atoms with E-state index in [1.807, 2.05) is 30.3 Å². The van der Waals surface area contributed by atoms with Crippen molar-refractivity contribution in [3.8, 4) is 23.0 Å². The molecule has 10 nitrogen and oxygen atoms in total. The van der Waals surface area contributed by atoms with Crippen molar-refractivity contribution in [2.45, 2.75) is 26.3 Å². The second-order valence-electron chi connectivity index (χ2n) is 8.33. The number of pyridine rings is 1. The van der Waals surface area contributed by atoms with Crippen LogP contribution >= 0.6 is 0 Å². The fourth-order valence-electron chi connectivity index (χ4n) is 4.25. The van der Waals surface area contributed by atoms with Gasteiger partial charge < -0.3 is 15.5 Å². The summed E-state index contributed by atoms with van der Waals surface area (Å²) in [6.07, 6.45) is 6.31. The minimum absolute atomic E-state index is 0.0518. The molecule has 176 valence electrons. The largest absolute Gasteiger partial charge is 0.348 e. The van der Waals surface area contributed by atoms with Crippen LogP contribution in [0.2, 0.25) is 0 Å². The number of rotatable bonds is 5. The average Bonchev–Trinajstić information content (AvgIpc) is 3.61. The number of benzene rings is 1. The van der Waals surface area contributed by atoms with E-state index in [-0.39, 0.29) is 17.9 Å². The molecule has 4 aromatic rings. The maximum absolute atomic E-state index is 13.0. The van der Waals surface area contributed by atoms with Crippen molar-refractivity contribution in [2.24, 2.45) is 0 Å². The second kappa shape index (κ2) is 9.30. The first kappa shape index (κ1) is 22.2. The SMILES string of the molecule is CC#CC(=O)Nc1ccc(C(=O)N2CC[C@@H](Nc3nc4c(C)c(-c5cn[nH]c5)ccn4n3)C2)cc1. The summed E-state index contributed by atoms with van der Waals surface area (Å²) >= 11 is 0. The summed E-state index contributed by atoms with van der Waals surface area (Å²) in [6.45, 7) is 4.81. The molecular formula is C25H24N8O2. The van der Waals surface area contributed by atoms with Crippen LogP contribution in [0.25, 0.3) is 16.8 Å². The molecule has 4 heterocycles. The minimum atomic E-state index is -0.381. The Morgan fingerprint density at radius 1 is 1.20 bits per heavy atom. The van der Waals surface area contributed by atoms with Crippen LogP contribution in [0.5, 0.6) is 0 Å². The fraction of sp³-hybridized carbons (Fsp3) is 0.240. The lowest BCUT2D eigenvalue weighted by molar-refractivity contribution is -0.111. The summed E-state index contributed by atoms with van der Waals surface area (Å²) in [6, 6.07) is 8.88. The molecule has 3 aromatic heterocycles. The number of nitrogens with zero attached hydrogens (tertiary/aromatic N) is 5. The third-order valence-corrected chi connectivity index (χ3v) is 6.00. The smallest absolute Gasteiger partial charge is 0.300 e. The zero-order valence-electron chi connectivity index (χ0n) is 19.4. The van der Waals surface area contributed by atoms with Crippen molar-refractivity contribution in [1.82, 2.24) is 29.7 Å². The first-order valence-corrected chi connectivity index (χ1v) is 11.3. The number of anilines is 2. The van der Waals surface area contributed by atoms with Crippen molar-refractivity contribution in [1.29, 1.82) is 0 Å². The Hall–Kier alpha value is -4.65. The van der Waals surface area contributed by atoms with Gasteiger partial charge in [0, 0.05) is 53.9 Å². The first-order valence-electron chi connectivity index (χ1n) is 11.3. The molecule has 0 saturated carbocycles. The summed E-state index contributed by atoms with van der Waals surface area (Å²) in [5.74, 6) is 5.08. The van der Waals surface area contributed by atoms with Crippen LogP contribution in [0.15, 0.2) is 48.9 Å². The van der Waals surface area contributed by atoms with Crippen LogP contribution in [-0.4, -0.2) is 60.6 Å². The van der Waals surface area contributed by atoms with Crippen molar-refractivity contribution in [2.75, 3.05) is 23.7 Å². The summed E-state index contributed by atoms with van der Waals surface area (Å²) < 4.78 is 1.76. The normalized spacial score (nSPS) is 15.0. The van der Waals surface area contributed by atoms with E-state index < -0.39 is 0 Å². The quantitative estimate of drug-likeness (QED) is 0.388. The van der Waals surface area contributed by atoms with Gasteiger partial charge in [0.15, 0.2) is 5.65 Å². The van der Waals surface area contributed by atoms with Crippen LogP contribution in [0.3, 0.4) is 0 Å². The molecule has 0 radical (unpaired) electrons. The average molecular weight is 469 g/mol. The maximum atomic E-state index is 13.0. The van der Waals surface area contributed by atoms with Gasteiger partial charge in [0.2, 0.25) is 5.95 Å². The van der Waals surface area contributed by atoms with Crippen molar-refractivity contribution in [3.63, 3.8) is 0 Å². The molecule has 2 amide bonds. The number of H-pyrrole nitrogens is 1. The molecule has 3 N–H and O–H groups in total. The van der Waals surface area contributed by atoms with Crippen LogP contribution in [0.4, 0.5) is 11.6 Å². The highest BCUT2D eigenvalue weighted by Crippen LogP contribution is 2.25. The van der Waals surface area contributed by atoms with Gasteiger partial charge in [0.1, 0.15) is 0 Å². The van der Waals surface area contributed by atoms with Crippen LogP contribution in [-0.2, 0) is 4.79 Å². The van der Waals surface area contributed by atoms with Crippen molar-refractivity contribution < 1.29 is 9.59 Å². The molecule has 0 unspecified atom stereocenters. The predicted octanol–water partition coefficient (Wildman–Crippen LogP) is 2.72. The van der Waals surface area contributed by atoms with Crippen molar-refractivity contribution in [3.05, 3.63) is 60.0 Å². The number of carbonyl (C=O) groups is 2. The molecule has 5 rings (SSSR count). The summed E-state index contributed by atoms with van der Waals surface area (Å²) in [7, 11) is 0. The van der Waals surface area contributed by atoms with E-state index in [0.29, 0.717) is 30.3 Å². The topological polar surface area (TPSA) is 120 Å². The van der Waals surface area contributed by atoms with E-state index in [2.05, 4.69) is 42.8 Å². The number of aryl methyl sites for hydroxylation is 1. The zero-order chi connectivity index (χ0) is 24.4. The predicted molar refractivity (Wildman–Crippen MR) is 132 cm³/mol. The number of nitrogens with one attached hydrogen (secondary N) is 3. The van der Waals surface area contributed by atoms with E-state index in [4.69, 9.17) is 0 Å². The van der Waals surface area contributed by atoms with E-state index in [0.717, 1.165) is 28.8 Å². The summed E-state index contributed by atoms with van der Waals surface area (Å²) in [4.78, 5) is 31.0. The molecule has 1 atom stereocenters. The lowest BCUT2D eigenvalue weighted by Gasteiger charge is -2.17. The van der Waals surface area contributed by atoms with Gasteiger partial charge >= 0.3 is 0 Å². The molecule has 1 saturated heterocycles. The number of fused-ring (bicyclic) bond motifs is 1. The molecule has 35 heavy (non-hydrogen) atoms. The number of aromatic amines is 1. The third-order valence-electron chi connectivity index (χ3n) is 6.00. The molecular weight excluding hydrogens is 444 g/mol. The van der Waals surface area contributed by atoms with Gasteiger partial charge in [-0.3, -0.25) is 14.7 Å². The molecule has 10 heteroatoms. The molecule has 0 bridgehead atoms. The maximum Gasteiger partial charge on any atom is 0.300 e. The molecule has 0 aliphatic carbocycles. The number of amides is 2. The van der Waals surface area contributed by atoms with Gasteiger partial charge in [-0.2, -0.15) is 10.1 Å². The van der Waals surface area contributed by atoms with Gasteiger partial charge in [-0.15, -0.1) is 5.10 Å². The Labute approximate surface area is 201 Å². The van der Waals surface area contributed by atoms with Gasteiger partial charge in [0.05, 0.1) is 6.20 Å². The van der Waals surface area contributed by atoms with Gasteiger partial charge in [-0.05, 0) is 62.1 Å². The van der Waals surface area contributed by atoms with E-state index in [9.17, 15) is 9.59 Å². The number of hydrogen-bond acceptors (Lipinski definition) is 6. The molecule has 1 aromatic carbocycles. The van der Waals surface area contributed by atoms with E-state index in [1.165, 1.54) is 0 Å². The third kappa shape index (κ3) is 4.56. The van der Waals surface area contributed by atoms with E-state index >= 15 is 0 Å². The Balaban J connectivity index is 1.23. The number of aromatic nitrogens is 5. The number of carbonyl (C=O) groups excluding carboxylic acids is 2. The van der Waals surface area contributed by atoms with Gasteiger partial charge in [-0.1, -0.05) is 5.92 Å². The van der Waals surface area contributed by atoms with Crippen LogP contribution < -0.4 is 10.6 Å². The Morgan fingerprint density at radius 3 is 2.77 bits per heavy atom. The standard InChI is InChI=1S/C25H24N8O2/c1-3-4-22(34)28-19-7-5-17(6-8-19)24(35)32-11-9-20(15-32)29-25-30-23-16(2)21(10-12-33(23)31-25)18-13-26-27-14-18/h5-8,10,12-14,20H,9,11,15H2,1-2H3,(H,26,27)(H,28,34)(H,29,31)/t20-/m1/s1. The Bertz CT molecular complexity index is 1440. The number of likely N-dealkylation sites (tertiary alicyclic amines) is 1. The monoisotopic (exact) mass is 468 g/mol. The molecule has 1 aliphatic rings. The van der Waals surface area contributed by atoms with E-state index in [1.54, 1.807) is 41.9 Å². The lowest BCUT2D eigenvalue weighted by atomic mass is 10.1. The zero-order valence-corrected chi connectivity index (χ0v) is 19.4. The Kier molecular flexibility index (Phi) is 5.89. The van der Waals surface area contributed by atoms with Crippen molar-refractivity contribution >= 4 is 29.1 Å². The van der Waals surface area contributed by atoms with Gasteiger partial charge in [0.25, 0.3) is 11.8 Å². The molecule has 0 spiro atoms. The first-order chi connectivity index (χ1) is 17.0. The highest BCUT2D eigenvalue weighted by molar-refractivity contribution is 6.04. The summed E-state index contributed by atoms with van der Waals surface area (Å²) in [5, 5.41) is 17.5. The van der Waals surface area contributed by atoms with Crippen LogP contribution in [0, 0.1) is 18.8 Å². The second-order valence-corrected chi connectivity index (χ2v) is 8.33. The summed E-state index contributed by atoms with van der Waals surface area (Å²) in [5.41, 5.74) is 5.00. The lowest BCUT2D eigenvalue weighted by Crippen LogP contribution is -2.31. The molecule has 1 aliphatic heterocycles. The molecule has 1 fully saturated rings. The number of hydrogen-bond donors (Lipinski definition) is 3. The van der Waals surface area contributed by atoms with Gasteiger partial charge in [-0.25, -0.2) is 4.52 Å². The highest BCUT2D eigenvalue weighted by atomic mass is 16.2. The highest BCUT2D eigenvalue weighted by Gasteiger charge is 2.28. The fourth-order valence-corrected chi connectivity index (χ4v) is 4.25.